The molecule has 0 amide bonds. The first-order valence-corrected chi connectivity index (χ1v) is 3.93. The molecule has 1 rings (SSSR count). The molecule has 0 aliphatic carbocycles. The van der Waals surface area contributed by atoms with Gasteiger partial charge < -0.3 is 5.32 Å². The van der Waals surface area contributed by atoms with E-state index in [1.165, 1.54) is 6.07 Å². The Bertz CT molecular complexity index is 321. The van der Waals surface area contributed by atoms with E-state index in [9.17, 15) is 8.78 Å². The summed E-state index contributed by atoms with van der Waals surface area (Å²) in [6.45, 7) is 4.29. The van der Waals surface area contributed by atoms with Crippen molar-refractivity contribution in [2.24, 2.45) is 0 Å². The van der Waals surface area contributed by atoms with Crippen LogP contribution in [0.25, 0.3) is 5.57 Å². The lowest BCUT2D eigenvalue weighted by Gasteiger charge is -2.04. The molecule has 0 fully saturated rings. The zero-order chi connectivity index (χ0) is 9.84. The summed E-state index contributed by atoms with van der Waals surface area (Å²) < 4.78 is 25.3. The topological polar surface area (TPSA) is 12.0 Å². The van der Waals surface area contributed by atoms with Crippen LogP contribution in [0.15, 0.2) is 24.8 Å². The maximum absolute atomic E-state index is 12.7. The minimum Gasteiger partial charge on any atom is -0.316 e. The summed E-state index contributed by atoms with van der Waals surface area (Å²) in [5.41, 5.74) is 1.36. The zero-order valence-corrected chi connectivity index (χ0v) is 7.40. The van der Waals surface area contributed by atoms with Crippen LogP contribution in [-0.2, 0) is 0 Å². The first-order chi connectivity index (χ1) is 6.15. The van der Waals surface area contributed by atoms with Gasteiger partial charge in [-0.3, -0.25) is 0 Å². The van der Waals surface area contributed by atoms with Gasteiger partial charge in [-0.15, -0.1) is 0 Å². The molecule has 0 aromatic heterocycles. The Morgan fingerprint density at radius 3 is 2.62 bits per heavy atom. The average molecular weight is 183 g/mol. The van der Waals surface area contributed by atoms with Crippen molar-refractivity contribution in [3.63, 3.8) is 0 Å². The number of halogens is 2. The monoisotopic (exact) mass is 183 g/mol. The van der Waals surface area contributed by atoms with Crippen LogP contribution >= 0.6 is 0 Å². The number of nitrogens with one attached hydrogen (secondary N) is 1. The van der Waals surface area contributed by atoms with Crippen LogP contribution in [0.2, 0.25) is 0 Å². The van der Waals surface area contributed by atoms with E-state index in [4.69, 9.17) is 0 Å². The van der Waals surface area contributed by atoms with Crippen LogP contribution in [-0.4, -0.2) is 13.6 Å². The molecule has 0 saturated carbocycles. The summed E-state index contributed by atoms with van der Waals surface area (Å²) in [4.78, 5) is 0. The summed E-state index contributed by atoms with van der Waals surface area (Å²) >= 11 is 0. The largest absolute Gasteiger partial charge is 0.316 e. The summed E-state index contributed by atoms with van der Waals surface area (Å²) in [6, 6.07) is 3.76. The summed E-state index contributed by atoms with van der Waals surface area (Å²) in [6.07, 6.45) is 0. The number of rotatable bonds is 3. The van der Waals surface area contributed by atoms with Gasteiger partial charge in [-0.05, 0) is 30.3 Å². The Labute approximate surface area is 76.1 Å². The highest BCUT2D eigenvalue weighted by Gasteiger charge is 2.03. The molecule has 0 aliphatic rings. The van der Waals surface area contributed by atoms with Crippen LogP contribution in [0.5, 0.6) is 0 Å². The van der Waals surface area contributed by atoms with Crippen LogP contribution in [0, 0.1) is 11.6 Å². The van der Waals surface area contributed by atoms with Gasteiger partial charge in [0.05, 0.1) is 0 Å². The molecule has 0 unspecified atom stereocenters. The summed E-state index contributed by atoms with van der Waals surface area (Å²) in [5.74, 6) is -1.67. The lowest BCUT2D eigenvalue weighted by molar-refractivity contribution is 0.508. The fourth-order valence-corrected chi connectivity index (χ4v) is 1.03. The van der Waals surface area contributed by atoms with Crippen LogP contribution in [0.3, 0.4) is 0 Å². The highest BCUT2D eigenvalue weighted by atomic mass is 19.2. The van der Waals surface area contributed by atoms with Crippen LogP contribution in [0.1, 0.15) is 5.56 Å². The molecule has 0 aliphatic heterocycles. The molecule has 1 nitrogen and oxygen atoms in total. The highest BCUT2D eigenvalue weighted by molar-refractivity contribution is 5.64. The molecule has 1 N–H and O–H groups in total. The average Bonchev–Trinajstić information content (AvgIpc) is 2.10. The van der Waals surface area contributed by atoms with Crippen LogP contribution in [0.4, 0.5) is 8.78 Å². The van der Waals surface area contributed by atoms with Crippen molar-refractivity contribution in [3.05, 3.63) is 42.0 Å². The summed E-state index contributed by atoms with van der Waals surface area (Å²) in [7, 11) is 1.77. The molecule has 70 valence electrons. The number of benzene rings is 1. The Balaban J connectivity index is 2.90. The molecule has 0 bridgehead atoms. The second-order valence-electron chi connectivity index (χ2n) is 2.76. The molecular formula is C10H11F2N. The third kappa shape index (κ3) is 2.36. The predicted octanol–water partition coefficient (Wildman–Crippen LogP) is 2.20. The van der Waals surface area contributed by atoms with Gasteiger partial charge in [0.15, 0.2) is 11.6 Å². The van der Waals surface area contributed by atoms with Crippen molar-refractivity contribution in [2.45, 2.75) is 0 Å². The third-order valence-corrected chi connectivity index (χ3v) is 1.72. The van der Waals surface area contributed by atoms with Gasteiger partial charge in [-0.25, -0.2) is 8.78 Å². The zero-order valence-electron chi connectivity index (χ0n) is 7.40. The third-order valence-electron chi connectivity index (χ3n) is 1.72. The fraction of sp³-hybridized carbons (Fsp3) is 0.200. The van der Waals surface area contributed by atoms with E-state index in [-0.39, 0.29) is 0 Å². The predicted molar refractivity (Wildman–Crippen MR) is 49.3 cm³/mol. The molecule has 0 spiro atoms. The quantitative estimate of drug-likeness (QED) is 0.757. The standard InChI is InChI=1S/C10H11F2N/c1-7(6-13-2)8-3-4-9(11)10(12)5-8/h3-5,13H,1,6H2,2H3. The normalized spacial score (nSPS) is 10.1. The molecule has 1 aromatic rings. The first-order valence-electron chi connectivity index (χ1n) is 3.93. The lowest BCUT2D eigenvalue weighted by Crippen LogP contribution is -2.09. The van der Waals surface area contributed by atoms with E-state index in [0.29, 0.717) is 12.1 Å². The highest BCUT2D eigenvalue weighted by Crippen LogP contribution is 2.14. The van der Waals surface area contributed by atoms with Gasteiger partial charge in [-0.1, -0.05) is 12.6 Å². The molecule has 3 heteroatoms. The van der Waals surface area contributed by atoms with E-state index in [2.05, 4.69) is 11.9 Å². The van der Waals surface area contributed by atoms with Crippen molar-refractivity contribution in [1.29, 1.82) is 0 Å². The van der Waals surface area contributed by atoms with Crippen molar-refractivity contribution < 1.29 is 8.78 Å². The molecule has 1 aromatic carbocycles. The van der Waals surface area contributed by atoms with E-state index in [0.717, 1.165) is 17.7 Å². The first kappa shape index (κ1) is 9.86. The minimum atomic E-state index is -0.838. The molecular weight excluding hydrogens is 172 g/mol. The van der Waals surface area contributed by atoms with Gasteiger partial charge >= 0.3 is 0 Å². The van der Waals surface area contributed by atoms with Gasteiger partial charge in [-0.2, -0.15) is 0 Å². The van der Waals surface area contributed by atoms with Gasteiger partial charge in [0.2, 0.25) is 0 Å². The second-order valence-corrected chi connectivity index (χ2v) is 2.76. The summed E-state index contributed by atoms with van der Waals surface area (Å²) in [5, 5.41) is 2.88. The van der Waals surface area contributed by atoms with Crippen molar-refractivity contribution in [2.75, 3.05) is 13.6 Å². The SMILES string of the molecule is C=C(CNC)c1ccc(F)c(F)c1. The van der Waals surface area contributed by atoms with E-state index >= 15 is 0 Å². The number of hydrogen-bond donors (Lipinski definition) is 1. The molecule has 0 saturated heterocycles. The van der Waals surface area contributed by atoms with Gasteiger partial charge in [0.1, 0.15) is 0 Å². The molecule has 13 heavy (non-hydrogen) atoms. The van der Waals surface area contributed by atoms with E-state index in [1.54, 1.807) is 7.05 Å². The smallest absolute Gasteiger partial charge is 0.159 e. The number of likely N-dealkylation sites (N-methyl/N-ethyl adjacent to an activating group) is 1. The van der Waals surface area contributed by atoms with Crippen molar-refractivity contribution in [1.82, 2.24) is 5.32 Å². The van der Waals surface area contributed by atoms with E-state index in [1.807, 2.05) is 0 Å². The van der Waals surface area contributed by atoms with Crippen molar-refractivity contribution in [3.8, 4) is 0 Å². The van der Waals surface area contributed by atoms with Crippen molar-refractivity contribution >= 4 is 5.57 Å². The van der Waals surface area contributed by atoms with E-state index < -0.39 is 11.6 Å². The maximum atomic E-state index is 12.7. The number of hydrogen-bond acceptors (Lipinski definition) is 1. The second kappa shape index (κ2) is 4.14. The van der Waals surface area contributed by atoms with Gasteiger partial charge in [0, 0.05) is 6.54 Å². The Kier molecular flexibility index (Phi) is 3.14. The molecule has 0 radical (unpaired) electrons. The Morgan fingerprint density at radius 2 is 2.08 bits per heavy atom. The minimum absolute atomic E-state index is 0.561. The molecule has 0 atom stereocenters. The fourth-order valence-electron chi connectivity index (χ4n) is 1.03. The Hall–Kier alpha value is -1.22. The lowest BCUT2D eigenvalue weighted by atomic mass is 10.1. The van der Waals surface area contributed by atoms with Gasteiger partial charge in [0.25, 0.3) is 0 Å². The molecule has 0 heterocycles. The maximum Gasteiger partial charge on any atom is 0.159 e. The van der Waals surface area contributed by atoms with Crippen LogP contribution < -0.4 is 5.32 Å². The Morgan fingerprint density at radius 1 is 1.38 bits per heavy atom.